The molecule has 2 N–H and O–H groups in total. The van der Waals surface area contributed by atoms with E-state index in [1.54, 1.807) is 0 Å². The fourth-order valence-corrected chi connectivity index (χ4v) is 1.59. The molecule has 0 aliphatic heterocycles. The molecule has 0 amide bonds. The zero-order chi connectivity index (χ0) is 13.2. The maximum absolute atomic E-state index is 12.2. The highest BCUT2D eigenvalue weighted by molar-refractivity contribution is 9.09. The Bertz CT molecular complexity index is 434. The molecule has 0 aliphatic carbocycles. The summed E-state index contributed by atoms with van der Waals surface area (Å²) in [5.41, 5.74) is 5.28. The Morgan fingerprint density at radius 1 is 1.47 bits per heavy atom. The molecule has 3 nitrogen and oxygen atoms in total. The van der Waals surface area contributed by atoms with Gasteiger partial charge in [-0.2, -0.15) is 0 Å². The van der Waals surface area contributed by atoms with E-state index in [1.165, 1.54) is 25.1 Å². The van der Waals surface area contributed by atoms with Crippen molar-refractivity contribution in [1.82, 2.24) is 0 Å². The van der Waals surface area contributed by atoms with Crippen molar-refractivity contribution in [2.24, 2.45) is 0 Å². The third kappa shape index (κ3) is 3.62. The number of anilines is 1. The van der Waals surface area contributed by atoms with Crippen molar-refractivity contribution >= 4 is 27.4 Å². The van der Waals surface area contributed by atoms with E-state index in [-0.39, 0.29) is 17.0 Å². The van der Waals surface area contributed by atoms with Crippen molar-refractivity contribution in [3.05, 3.63) is 23.8 Å². The monoisotopic (exact) mass is 311 g/mol. The Kier molecular flexibility index (Phi) is 4.03. The topological polar surface area (TPSA) is 52.3 Å². The van der Waals surface area contributed by atoms with Gasteiger partial charge >= 0.3 is 6.36 Å². The lowest BCUT2D eigenvalue weighted by molar-refractivity contribution is -0.274. The third-order valence-corrected chi connectivity index (χ3v) is 3.06. The predicted octanol–water partition coefficient (Wildman–Crippen LogP) is 3.19. The zero-order valence-electron chi connectivity index (χ0n) is 8.72. The fourth-order valence-electron chi connectivity index (χ4n) is 1.23. The van der Waals surface area contributed by atoms with E-state index in [4.69, 9.17) is 5.73 Å². The Morgan fingerprint density at radius 2 is 2.06 bits per heavy atom. The second kappa shape index (κ2) is 4.95. The van der Waals surface area contributed by atoms with Crippen LogP contribution >= 0.6 is 15.9 Å². The quantitative estimate of drug-likeness (QED) is 0.689. The van der Waals surface area contributed by atoms with Crippen LogP contribution < -0.4 is 10.5 Å². The van der Waals surface area contributed by atoms with Gasteiger partial charge in [-0.05, 0) is 13.0 Å². The highest BCUT2D eigenvalue weighted by Crippen LogP contribution is 2.38. The van der Waals surface area contributed by atoms with E-state index >= 15 is 0 Å². The van der Waals surface area contributed by atoms with Gasteiger partial charge in [-0.15, -0.1) is 13.2 Å². The number of carbonyl (C=O) groups excluding carboxylic acids is 1. The smallest absolute Gasteiger partial charge is 0.403 e. The minimum Gasteiger partial charge on any atom is -0.403 e. The summed E-state index contributed by atoms with van der Waals surface area (Å²) >= 11 is 2.99. The largest absolute Gasteiger partial charge is 0.573 e. The molecule has 0 saturated carbocycles. The second-order valence-electron chi connectivity index (χ2n) is 3.29. The summed E-state index contributed by atoms with van der Waals surface area (Å²) in [5.74, 6) is -0.889. The summed E-state index contributed by atoms with van der Waals surface area (Å²) in [6, 6.07) is 4.06. The van der Waals surface area contributed by atoms with Gasteiger partial charge in [0.1, 0.15) is 10.6 Å². The summed E-state index contributed by atoms with van der Waals surface area (Å²) in [7, 11) is 0. The van der Waals surface area contributed by atoms with E-state index < -0.39 is 16.9 Å². The number of halogens is 4. The van der Waals surface area contributed by atoms with Gasteiger partial charge in [0.15, 0.2) is 5.75 Å². The van der Waals surface area contributed by atoms with E-state index in [0.29, 0.717) is 0 Å². The summed E-state index contributed by atoms with van der Waals surface area (Å²) in [4.78, 5) is 10.3. The predicted molar refractivity (Wildman–Crippen MR) is 59.9 cm³/mol. The first kappa shape index (κ1) is 13.8. The molecule has 17 heavy (non-hydrogen) atoms. The van der Waals surface area contributed by atoms with Crippen LogP contribution in [0.4, 0.5) is 18.9 Å². The normalized spacial score (nSPS) is 13.2. The average Bonchev–Trinajstić information content (AvgIpc) is 2.18. The van der Waals surface area contributed by atoms with Crippen LogP contribution in [-0.2, 0) is 4.79 Å². The zero-order valence-corrected chi connectivity index (χ0v) is 10.3. The lowest BCUT2D eigenvalue weighted by Gasteiger charge is -2.17. The van der Waals surface area contributed by atoms with Gasteiger partial charge in [0.25, 0.3) is 0 Å². The molecule has 1 aromatic rings. The summed E-state index contributed by atoms with van der Waals surface area (Å²) in [6.07, 6.45) is -4.85. The molecule has 0 fully saturated rings. The van der Waals surface area contributed by atoms with Crippen molar-refractivity contribution in [1.29, 1.82) is 0 Å². The van der Waals surface area contributed by atoms with E-state index in [0.717, 1.165) is 0 Å². The number of ketones is 1. The lowest BCUT2D eigenvalue weighted by Crippen LogP contribution is -2.20. The first-order valence-electron chi connectivity index (χ1n) is 4.51. The summed E-state index contributed by atoms with van der Waals surface area (Å²) in [6.45, 7) is 1.25. The molecule has 0 heterocycles. The number of para-hydroxylation sites is 1. The Hall–Kier alpha value is -1.24. The number of rotatable bonds is 3. The number of Topliss-reactive ketones (excluding diaryl/α,β-unsaturated/α-hetero) is 1. The Labute approximate surface area is 104 Å². The lowest BCUT2D eigenvalue weighted by atomic mass is 10.1. The number of alkyl halides is 4. The van der Waals surface area contributed by atoms with Crippen LogP contribution in [0.5, 0.6) is 5.75 Å². The van der Waals surface area contributed by atoms with Crippen molar-refractivity contribution in [2.75, 3.05) is 5.73 Å². The molecular weight excluding hydrogens is 303 g/mol. The fraction of sp³-hybridized carbons (Fsp3) is 0.300. The van der Waals surface area contributed by atoms with Crippen LogP contribution in [0.15, 0.2) is 18.2 Å². The van der Waals surface area contributed by atoms with Gasteiger partial charge < -0.3 is 10.5 Å². The van der Waals surface area contributed by atoms with Crippen molar-refractivity contribution in [3.63, 3.8) is 0 Å². The maximum atomic E-state index is 12.2. The van der Waals surface area contributed by atoms with Crippen LogP contribution in [0.2, 0.25) is 0 Å². The maximum Gasteiger partial charge on any atom is 0.573 e. The molecule has 1 unspecified atom stereocenters. The van der Waals surface area contributed by atoms with Gasteiger partial charge in [0.2, 0.25) is 0 Å². The molecule has 1 rings (SSSR count). The molecule has 0 saturated heterocycles. The van der Waals surface area contributed by atoms with Gasteiger partial charge in [-0.3, -0.25) is 4.79 Å². The first-order chi connectivity index (χ1) is 7.72. The van der Waals surface area contributed by atoms with Crippen LogP contribution in [0.25, 0.3) is 0 Å². The molecule has 0 spiro atoms. The van der Waals surface area contributed by atoms with Crippen molar-refractivity contribution in [3.8, 4) is 5.75 Å². The molecule has 7 heteroatoms. The number of carbonyl (C=O) groups is 1. The van der Waals surface area contributed by atoms with Gasteiger partial charge in [-0.25, -0.2) is 0 Å². The minimum atomic E-state index is -4.85. The summed E-state index contributed by atoms with van der Waals surface area (Å²) in [5, 5.41) is 0. The first-order valence-corrected chi connectivity index (χ1v) is 5.42. The number of nitrogen functional groups attached to an aromatic ring is 1. The van der Waals surface area contributed by atoms with Gasteiger partial charge in [-0.1, -0.05) is 28.1 Å². The third-order valence-electron chi connectivity index (χ3n) is 1.92. The van der Waals surface area contributed by atoms with Crippen LogP contribution in [0.1, 0.15) is 17.3 Å². The SMILES string of the molecule is CC(=O)C(Br)c1cccc(N)c1OC(F)(F)F. The van der Waals surface area contributed by atoms with Gasteiger partial charge in [0, 0.05) is 5.56 Å². The molecule has 0 bridgehead atoms. The number of hydrogen-bond acceptors (Lipinski definition) is 3. The number of hydrogen-bond donors (Lipinski definition) is 1. The minimum absolute atomic E-state index is 0.0508. The molecule has 94 valence electrons. The number of ether oxygens (including phenoxy) is 1. The van der Waals surface area contributed by atoms with E-state index in [1.807, 2.05) is 0 Å². The Morgan fingerprint density at radius 3 is 2.53 bits per heavy atom. The molecular formula is C10H9BrF3NO2. The van der Waals surface area contributed by atoms with Crippen molar-refractivity contribution < 1.29 is 22.7 Å². The average molecular weight is 312 g/mol. The number of nitrogens with two attached hydrogens (primary N) is 1. The van der Waals surface area contributed by atoms with Crippen molar-refractivity contribution in [2.45, 2.75) is 18.1 Å². The van der Waals surface area contributed by atoms with E-state index in [2.05, 4.69) is 20.7 Å². The van der Waals surface area contributed by atoms with Crippen LogP contribution in [0, 0.1) is 0 Å². The number of benzene rings is 1. The van der Waals surface area contributed by atoms with E-state index in [9.17, 15) is 18.0 Å². The highest BCUT2D eigenvalue weighted by atomic mass is 79.9. The summed E-state index contributed by atoms with van der Waals surface area (Å²) < 4.78 is 40.4. The van der Waals surface area contributed by atoms with Crippen LogP contribution in [0.3, 0.4) is 0 Å². The second-order valence-corrected chi connectivity index (χ2v) is 4.20. The Balaban J connectivity index is 3.22. The van der Waals surface area contributed by atoms with Gasteiger partial charge in [0.05, 0.1) is 5.69 Å². The standard InChI is InChI=1S/C10H9BrF3NO2/c1-5(16)8(11)6-3-2-4-7(15)9(6)17-10(12,13)14/h2-4,8H,15H2,1H3. The molecule has 0 aromatic heterocycles. The molecule has 1 aromatic carbocycles. The molecule has 0 radical (unpaired) electrons. The highest BCUT2D eigenvalue weighted by Gasteiger charge is 2.34. The van der Waals surface area contributed by atoms with Crippen LogP contribution in [-0.4, -0.2) is 12.1 Å². The molecule has 1 atom stereocenters. The molecule has 0 aliphatic rings.